The third-order valence-corrected chi connectivity index (χ3v) is 3.99. The summed E-state index contributed by atoms with van der Waals surface area (Å²) < 4.78 is 11.8. The first-order valence-corrected chi connectivity index (χ1v) is 7.91. The molecule has 0 aliphatic heterocycles. The molecular formula is C14H19N5O3S. The van der Waals surface area contributed by atoms with Crippen molar-refractivity contribution in [2.75, 3.05) is 31.1 Å². The monoisotopic (exact) mass is 337 g/mol. The summed E-state index contributed by atoms with van der Waals surface area (Å²) in [6.07, 6.45) is 0.682. The van der Waals surface area contributed by atoms with Gasteiger partial charge in [-0.2, -0.15) is 0 Å². The van der Waals surface area contributed by atoms with Crippen molar-refractivity contribution < 1.29 is 14.3 Å². The predicted molar refractivity (Wildman–Crippen MR) is 88.5 cm³/mol. The minimum absolute atomic E-state index is 0.174. The SMILES string of the molecule is CCc1nnc(SCC(=O)Nc2ccc(OC)c(OC)c2)n1N. The Kier molecular flexibility index (Phi) is 5.69. The molecule has 1 heterocycles. The Labute approximate surface area is 138 Å². The molecule has 0 aliphatic carbocycles. The van der Waals surface area contributed by atoms with Gasteiger partial charge in [-0.1, -0.05) is 18.7 Å². The van der Waals surface area contributed by atoms with Crippen molar-refractivity contribution in [3.63, 3.8) is 0 Å². The van der Waals surface area contributed by atoms with Crippen LogP contribution in [0.5, 0.6) is 11.5 Å². The highest BCUT2D eigenvalue weighted by atomic mass is 32.2. The van der Waals surface area contributed by atoms with Gasteiger partial charge >= 0.3 is 0 Å². The second-order valence-electron chi connectivity index (χ2n) is 4.53. The van der Waals surface area contributed by atoms with Gasteiger partial charge in [-0.05, 0) is 12.1 Å². The molecule has 2 rings (SSSR count). The number of hydrogen-bond acceptors (Lipinski definition) is 7. The summed E-state index contributed by atoms with van der Waals surface area (Å²) in [5.74, 6) is 7.65. The topological polar surface area (TPSA) is 104 Å². The van der Waals surface area contributed by atoms with Crippen LogP contribution in [-0.2, 0) is 11.2 Å². The lowest BCUT2D eigenvalue weighted by molar-refractivity contribution is -0.113. The molecule has 124 valence electrons. The van der Waals surface area contributed by atoms with Gasteiger partial charge in [0, 0.05) is 18.2 Å². The maximum Gasteiger partial charge on any atom is 0.234 e. The lowest BCUT2D eigenvalue weighted by Crippen LogP contribution is -2.17. The van der Waals surface area contributed by atoms with Crippen molar-refractivity contribution in [2.45, 2.75) is 18.5 Å². The van der Waals surface area contributed by atoms with Crippen LogP contribution >= 0.6 is 11.8 Å². The minimum Gasteiger partial charge on any atom is -0.493 e. The van der Waals surface area contributed by atoms with E-state index in [4.69, 9.17) is 15.3 Å². The van der Waals surface area contributed by atoms with Crippen LogP contribution in [0.3, 0.4) is 0 Å². The largest absolute Gasteiger partial charge is 0.493 e. The Morgan fingerprint density at radius 2 is 2.04 bits per heavy atom. The fourth-order valence-electron chi connectivity index (χ4n) is 1.89. The van der Waals surface area contributed by atoms with Crippen molar-refractivity contribution in [1.29, 1.82) is 0 Å². The molecule has 0 bridgehead atoms. The normalized spacial score (nSPS) is 10.4. The third-order valence-electron chi connectivity index (χ3n) is 3.05. The smallest absolute Gasteiger partial charge is 0.234 e. The number of nitrogens with two attached hydrogens (primary N) is 1. The number of thioether (sulfide) groups is 1. The molecule has 2 aromatic rings. The first kappa shape index (κ1) is 16.9. The summed E-state index contributed by atoms with van der Waals surface area (Å²) in [5.41, 5.74) is 0.622. The molecule has 3 N–H and O–H groups in total. The maximum atomic E-state index is 12.0. The van der Waals surface area contributed by atoms with E-state index < -0.39 is 0 Å². The van der Waals surface area contributed by atoms with E-state index >= 15 is 0 Å². The Balaban J connectivity index is 1.95. The third kappa shape index (κ3) is 4.07. The molecule has 9 heteroatoms. The second-order valence-corrected chi connectivity index (χ2v) is 5.47. The molecule has 0 saturated heterocycles. The number of nitrogens with one attached hydrogen (secondary N) is 1. The Morgan fingerprint density at radius 1 is 1.30 bits per heavy atom. The van der Waals surface area contributed by atoms with E-state index in [0.29, 0.717) is 34.6 Å². The first-order chi connectivity index (χ1) is 11.1. The Bertz CT molecular complexity index is 689. The van der Waals surface area contributed by atoms with Gasteiger partial charge < -0.3 is 20.6 Å². The number of methoxy groups -OCH3 is 2. The molecule has 23 heavy (non-hydrogen) atoms. The van der Waals surface area contributed by atoms with E-state index in [-0.39, 0.29) is 11.7 Å². The van der Waals surface area contributed by atoms with Crippen LogP contribution in [0, 0.1) is 0 Å². The minimum atomic E-state index is -0.178. The van der Waals surface area contributed by atoms with Crippen LogP contribution in [-0.4, -0.2) is 40.8 Å². The zero-order valence-corrected chi connectivity index (χ0v) is 14.0. The first-order valence-electron chi connectivity index (χ1n) is 6.93. The maximum absolute atomic E-state index is 12.0. The number of aryl methyl sites for hydroxylation is 1. The molecule has 1 amide bonds. The highest BCUT2D eigenvalue weighted by molar-refractivity contribution is 7.99. The van der Waals surface area contributed by atoms with Crippen LogP contribution in [0.25, 0.3) is 0 Å². The van der Waals surface area contributed by atoms with E-state index in [1.54, 1.807) is 32.4 Å². The number of amides is 1. The lowest BCUT2D eigenvalue weighted by Gasteiger charge is -2.10. The van der Waals surface area contributed by atoms with Crippen LogP contribution in [0.1, 0.15) is 12.7 Å². The van der Waals surface area contributed by atoms with Crippen LogP contribution in [0.15, 0.2) is 23.4 Å². The molecule has 0 unspecified atom stereocenters. The summed E-state index contributed by atoms with van der Waals surface area (Å²) in [7, 11) is 3.10. The number of anilines is 1. The number of hydrogen-bond donors (Lipinski definition) is 2. The number of ether oxygens (including phenoxy) is 2. The van der Waals surface area contributed by atoms with Crippen molar-refractivity contribution in [1.82, 2.24) is 14.9 Å². The lowest BCUT2D eigenvalue weighted by atomic mass is 10.2. The second kappa shape index (κ2) is 7.73. The predicted octanol–water partition coefficient (Wildman–Crippen LogP) is 1.30. The van der Waals surface area contributed by atoms with Crippen LogP contribution in [0.4, 0.5) is 5.69 Å². The van der Waals surface area contributed by atoms with Crippen molar-refractivity contribution in [3.8, 4) is 11.5 Å². The van der Waals surface area contributed by atoms with E-state index in [9.17, 15) is 4.79 Å². The highest BCUT2D eigenvalue weighted by Crippen LogP contribution is 2.29. The van der Waals surface area contributed by atoms with Gasteiger partial charge in [0.25, 0.3) is 0 Å². The van der Waals surface area contributed by atoms with E-state index in [0.717, 1.165) is 0 Å². The fourth-order valence-corrected chi connectivity index (χ4v) is 2.56. The zero-order valence-electron chi connectivity index (χ0n) is 13.2. The number of carbonyl (C=O) groups is 1. The van der Waals surface area contributed by atoms with E-state index in [2.05, 4.69) is 15.5 Å². The quantitative estimate of drug-likeness (QED) is 0.579. The average Bonchev–Trinajstić information content (AvgIpc) is 2.92. The van der Waals surface area contributed by atoms with Gasteiger partial charge in [0.2, 0.25) is 11.1 Å². The summed E-state index contributed by atoms with van der Waals surface area (Å²) in [6.45, 7) is 1.94. The molecule has 0 spiro atoms. The van der Waals surface area contributed by atoms with Crippen LogP contribution < -0.4 is 20.6 Å². The summed E-state index contributed by atoms with van der Waals surface area (Å²) >= 11 is 1.22. The van der Waals surface area contributed by atoms with Gasteiger partial charge in [-0.25, -0.2) is 4.68 Å². The van der Waals surface area contributed by atoms with Crippen molar-refractivity contribution >= 4 is 23.4 Å². The van der Waals surface area contributed by atoms with Gasteiger partial charge in [0.15, 0.2) is 17.3 Å². The summed E-state index contributed by atoms with van der Waals surface area (Å²) in [6, 6.07) is 5.16. The molecule has 0 radical (unpaired) electrons. The molecule has 0 aliphatic rings. The van der Waals surface area contributed by atoms with Crippen LogP contribution in [0.2, 0.25) is 0 Å². The molecule has 0 fully saturated rings. The molecular weight excluding hydrogens is 318 g/mol. The Hall–Kier alpha value is -2.42. The molecule has 8 nitrogen and oxygen atoms in total. The molecule has 1 aromatic carbocycles. The fraction of sp³-hybridized carbons (Fsp3) is 0.357. The number of rotatable bonds is 7. The molecule has 1 aromatic heterocycles. The zero-order chi connectivity index (χ0) is 16.8. The van der Waals surface area contributed by atoms with Gasteiger partial charge in [0.1, 0.15) is 0 Å². The van der Waals surface area contributed by atoms with E-state index in [1.165, 1.54) is 16.4 Å². The molecule has 0 saturated carbocycles. The Morgan fingerprint density at radius 3 is 2.65 bits per heavy atom. The van der Waals surface area contributed by atoms with E-state index in [1.807, 2.05) is 6.92 Å². The number of nitrogen functional groups attached to an aromatic ring is 1. The number of benzene rings is 1. The summed E-state index contributed by atoms with van der Waals surface area (Å²) in [4.78, 5) is 12.0. The summed E-state index contributed by atoms with van der Waals surface area (Å²) in [5, 5.41) is 11.2. The van der Waals surface area contributed by atoms with Gasteiger partial charge in [-0.15, -0.1) is 10.2 Å². The van der Waals surface area contributed by atoms with Crippen molar-refractivity contribution in [2.24, 2.45) is 0 Å². The molecule has 0 atom stereocenters. The number of carbonyl (C=O) groups excluding carboxylic acids is 1. The average molecular weight is 337 g/mol. The standard InChI is InChI=1S/C14H19N5O3S/c1-4-12-17-18-14(19(12)15)23-8-13(20)16-9-5-6-10(21-2)11(7-9)22-3/h5-7H,4,8,15H2,1-3H3,(H,16,20). The highest BCUT2D eigenvalue weighted by Gasteiger charge is 2.12. The van der Waals surface area contributed by atoms with Gasteiger partial charge in [0.05, 0.1) is 20.0 Å². The van der Waals surface area contributed by atoms with Crippen molar-refractivity contribution in [3.05, 3.63) is 24.0 Å². The number of nitrogens with zero attached hydrogens (tertiary/aromatic N) is 3. The number of aromatic nitrogens is 3. The van der Waals surface area contributed by atoms with Gasteiger partial charge in [-0.3, -0.25) is 4.79 Å².